The molecule has 3 aromatic rings. The molecule has 1 fully saturated rings. The molecule has 7 heteroatoms. The number of hydrogen-bond donors (Lipinski definition) is 1. The van der Waals surface area contributed by atoms with Crippen molar-refractivity contribution in [1.82, 2.24) is 24.9 Å². The number of piperidine rings is 1. The van der Waals surface area contributed by atoms with Gasteiger partial charge in [0.25, 0.3) is 5.91 Å². The molecule has 35 heavy (non-hydrogen) atoms. The monoisotopic (exact) mass is 473 g/mol. The molecule has 1 aliphatic rings. The summed E-state index contributed by atoms with van der Waals surface area (Å²) in [4.78, 5) is 30.2. The van der Waals surface area contributed by atoms with Crippen molar-refractivity contribution in [2.45, 2.75) is 19.8 Å². The molecule has 184 valence electrons. The molecule has 1 atom stereocenters. The van der Waals surface area contributed by atoms with Gasteiger partial charge in [-0.25, -0.2) is 4.68 Å². The molecule has 0 saturated carbocycles. The Morgan fingerprint density at radius 3 is 2.29 bits per heavy atom. The molecule has 2 aromatic carbocycles. The van der Waals surface area contributed by atoms with Gasteiger partial charge < -0.3 is 15.1 Å². The summed E-state index contributed by atoms with van der Waals surface area (Å²) in [5, 5.41) is 7.83. The van der Waals surface area contributed by atoms with E-state index in [0.717, 1.165) is 30.6 Å². The fourth-order valence-electron chi connectivity index (χ4n) is 4.60. The average molecular weight is 474 g/mol. The highest BCUT2D eigenvalue weighted by Gasteiger charge is 2.31. The summed E-state index contributed by atoms with van der Waals surface area (Å²) in [5.74, 6) is 0.314. The van der Waals surface area contributed by atoms with E-state index < -0.39 is 0 Å². The lowest BCUT2D eigenvalue weighted by molar-refractivity contribution is -0.126. The standard InChI is InChI=1S/C28H35N5O2/c1-21(27(34)29-16-19-31(2)3)22-14-17-32(18-15-22)28(35)25-20-33(24-12-8-5-9-13-24)30-26(25)23-10-6-4-7-11-23/h4-13,20-22H,14-19H2,1-3H3,(H,29,34)/t21-/m1/s1. The summed E-state index contributed by atoms with van der Waals surface area (Å²) in [6.07, 6.45) is 3.48. The van der Waals surface area contributed by atoms with E-state index in [-0.39, 0.29) is 23.7 Å². The second kappa shape index (κ2) is 11.3. The van der Waals surface area contributed by atoms with Crippen molar-refractivity contribution >= 4 is 11.8 Å². The first-order valence-corrected chi connectivity index (χ1v) is 12.4. The number of hydrogen-bond acceptors (Lipinski definition) is 4. The Kier molecular flexibility index (Phi) is 7.98. The number of nitrogens with one attached hydrogen (secondary N) is 1. The Bertz CT molecular complexity index is 1120. The van der Waals surface area contributed by atoms with Crippen LogP contribution in [0, 0.1) is 11.8 Å². The smallest absolute Gasteiger partial charge is 0.257 e. The number of likely N-dealkylation sites (N-methyl/N-ethyl adjacent to an activating group) is 1. The summed E-state index contributed by atoms with van der Waals surface area (Å²) in [6.45, 7) is 4.77. The number of likely N-dealkylation sites (tertiary alicyclic amines) is 1. The van der Waals surface area contributed by atoms with Gasteiger partial charge in [-0.1, -0.05) is 55.5 Å². The maximum absolute atomic E-state index is 13.6. The third-order valence-corrected chi connectivity index (χ3v) is 6.82. The van der Waals surface area contributed by atoms with Gasteiger partial charge in [-0.15, -0.1) is 0 Å². The summed E-state index contributed by atoms with van der Waals surface area (Å²) in [7, 11) is 3.99. The van der Waals surface area contributed by atoms with Crippen LogP contribution >= 0.6 is 0 Å². The van der Waals surface area contributed by atoms with Crippen molar-refractivity contribution in [3.63, 3.8) is 0 Å². The molecular weight excluding hydrogens is 438 g/mol. The Labute approximate surface area is 207 Å². The lowest BCUT2D eigenvalue weighted by Gasteiger charge is -2.34. The second-order valence-corrected chi connectivity index (χ2v) is 9.55. The number of carbonyl (C=O) groups is 2. The van der Waals surface area contributed by atoms with Gasteiger partial charge in [-0.2, -0.15) is 5.10 Å². The SMILES string of the molecule is C[C@@H](C(=O)NCCN(C)C)C1CCN(C(=O)c2cn(-c3ccccc3)nc2-c2ccccc2)CC1. The molecule has 2 amide bonds. The highest BCUT2D eigenvalue weighted by molar-refractivity contribution is 6.00. The van der Waals surface area contributed by atoms with E-state index in [4.69, 9.17) is 5.10 Å². The van der Waals surface area contributed by atoms with Crippen molar-refractivity contribution in [3.05, 3.63) is 72.4 Å². The number of carbonyl (C=O) groups excluding carboxylic acids is 2. The lowest BCUT2D eigenvalue weighted by atomic mass is 9.84. The van der Waals surface area contributed by atoms with Crippen molar-refractivity contribution in [1.29, 1.82) is 0 Å². The molecule has 7 nitrogen and oxygen atoms in total. The van der Waals surface area contributed by atoms with Gasteiger partial charge in [0.1, 0.15) is 5.69 Å². The minimum absolute atomic E-state index is 0.00688. The first-order chi connectivity index (χ1) is 16.9. The number of para-hydroxylation sites is 1. The minimum atomic E-state index is -0.0601. The van der Waals surface area contributed by atoms with Crippen LogP contribution in [-0.4, -0.2) is 71.7 Å². The van der Waals surface area contributed by atoms with Gasteiger partial charge in [0.2, 0.25) is 5.91 Å². The first-order valence-electron chi connectivity index (χ1n) is 12.4. The molecule has 2 heterocycles. The highest BCUT2D eigenvalue weighted by Crippen LogP contribution is 2.29. The largest absolute Gasteiger partial charge is 0.355 e. The van der Waals surface area contributed by atoms with Gasteiger partial charge in [-0.05, 0) is 45.0 Å². The number of nitrogens with zero attached hydrogens (tertiary/aromatic N) is 4. The van der Waals surface area contributed by atoms with Gasteiger partial charge in [0.15, 0.2) is 0 Å². The van der Waals surface area contributed by atoms with E-state index >= 15 is 0 Å². The van der Waals surface area contributed by atoms with Crippen LogP contribution in [0.5, 0.6) is 0 Å². The van der Waals surface area contributed by atoms with E-state index in [1.165, 1.54) is 0 Å². The summed E-state index contributed by atoms with van der Waals surface area (Å²) >= 11 is 0. The summed E-state index contributed by atoms with van der Waals surface area (Å²) in [5.41, 5.74) is 3.13. The second-order valence-electron chi connectivity index (χ2n) is 9.55. The number of rotatable bonds is 8. The van der Waals surface area contributed by atoms with Gasteiger partial charge in [0, 0.05) is 43.9 Å². The van der Waals surface area contributed by atoms with Crippen LogP contribution in [0.1, 0.15) is 30.1 Å². The minimum Gasteiger partial charge on any atom is -0.355 e. The molecule has 0 radical (unpaired) electrons. The Morgan fingerprint density at radius 2 is 1.66 bits per heavy atom. The molecule has 4 rings (SSSR count). The number of benzene rings is 2. The van der Waals surface area contributed by atoms with Crippen LogP contribution in [-0.2, 0) is 4.79 Å². The third kappa shape index (κ3) is 5.98. The number of amides is 2. The van der Waals surface area contributed by atoms with Crippen LogP contribution in [0.4, 0.5) is 0 Å². The van der Waals surface area contributed by atoms with E-state index in [0.29, 0.717) is 30.9 Å². The van der Waals surface area contributed by atoms with E-state index in [1.54, 1.807) is 4.68 Å². The zero-order chi connectivity index (χ0) is 24.8. The highest BCUT2D eigenvalue weighted by atomic mass is 16.2. The molecular formula is C28H35N5O2. The Balaban J connectivity index is 1.46. The molecule has 1 saturated heterocycles. The van der Waals surface area contributed by atoms with E-state index in [1.807, 2.05) is 92.8 Å². The van der Waals surface area contributed by atoms with Crippen LogP contribution in [0.2, 0.25) is 0 Å². The van der Waals surface area contributed by atoms with Gasteiger partial charge >= 0.3 is 0 Å². The molecule has 0 aliphatic carbocycles. The third-order valence-electron chi connectivity index (χ3n) is 6.82. The topological polar surface area (TPSA) is 70.5 Å². The maximum atomic E-state index is 13.6. The molecule has 1 aromatic heterocycles. The van der Waals surface area contributed by atoms with E-state index in [2.05, 4.69) is 10.2 Å². The van der Waals surface area contributed by atoms with Crippen molar-refractivity contribution in [2.24, 2.45) is 11.8 Å². The zero-order valence-electron chi connectivity index (χ0n) is 20.9. The fourth-order valence-corrected chi connectivity index (χ4v) is 4.60. The first kappa shape index (κ1) is 24.7. The average Bonchev–Trinajstić information content (AvgIpc) is 3.34. The number of aromatic nitrogens is 2. The van der Waals surface area contributed by atoms with Crippen molar-refractivity contribution in [2.75, 3.05) is 40.3 Å². The predicted molar refractivity (Wildman–Crippen MR) is 138 cm³/mol. The van der Waals surface area contributed by atoms with Crippen LogP contribution in [0.15, 0.2) is 66.9 Å². The fraction of sp³-hybridized carbons (Fsp3) is 0.393. The molecule has 1 aliphatic heterocycles. The Morgan fingerprint density at radius 1 is 1.03 bits per heavy atom. The van der Waals surface area contributed by atoms with Crippen LogP contribution in [0.25, 0.3) is 16.9 Å². The molecule has 0 bridgehead atoms. The lowest BCUT2D eigenvalue weighted by Crippen LogP contribution is -2.43. The summed E-state index contributed by atoms with van der Waals surface area (Å²) < 4.78 is 1.78. The molecule has 0 spiro atoms. The molecule has 0 unspecified atom stereocenters. The van der Waals surface area contributed by atoms with Crippen LogP contribution in [0.3, 0.4) is 0 Å². The Hall–Kier alpha value is -3.45. The zero-order valence-corrected chi connectivity index (χ0v) is 20.9. The normalized spacial score (nSPS) is 15.3. The van der Waals surface area contributed by atoms with Crippen molar-refractivity contribution in [3.8, 4) is 16.9 Å². The van der Waals surface area contributed by atoms with E-state index in [9.17, 15) is 9.59 Å². The van der Waals surface area contributed by atoms with Gasteiger partial charge in [-0.3, -0.25) is 9.59 Å². The molecule has 1 N–H and O–H groups in total. The maximum Gasteiger partial charge on any atom is 0.257 e. The van der Waals surface area contributed by atoms with Gasteiger partial charge in [0.05, 0.1) is 11.3 Å². The van der Waals surface area contributed by atoms with Crippen LogP contribution < -0.4 is 5.32 Å². The summed E-state index contributed by atoms with van der Waals surface area (Å²) in [6, 6.07) is 19.7. The quantitative estimate of drug-likeness (QED) is 0.542. The predicted octanol–water partition coefficient (Wildman–Crippen LogP) is 3.71. The van der Waals surface area contributed by atoms with Crippen molar-refractivity contribution < 1.29 is 9.59 Å².